The summed E-state index contributed by atoms with van der Waals surface area (Å²) in [6.45, 7) is 0. The average molecular weight is 534 g/mol. The van der Waals surface area contributed by atoms with Gasteiger partial charge in [0, 0.05) is 11.1 Å². The normalized spacial score (nSPS) is 13.3. The summed E-state index contributed by atoms with van der Waals surface area (Å²) in [6.07, 6.45) is 0. The first-order chi connectivity index (χ1) is 19.3. The van der Waals surface area contributed by atoms with E-state index in [0.717, 1.165) is 0 Å². The highest BCUT2D eigenvalue weighted by molar-refractivity contribution is 6.16. The maximum absolute atomic E-state index is 13.0. The van der Waals surface area contributed by atoms with E-state index in [1.54, 1.807) is 48.5 Å². The molecule has 0 unspecified atom stereocenters. The second-order valence-electron chi connectivity index (χ2n) is 8.65. The summed E-state index contributed by atoms with van der Waals surface area (Å²) >= 11 is 0. The topological polar surface area (TPSA) is 139 Å². The molecule has 0 aromatic heterocycles. The van der Waals surface area contributed by atoms with E-state index >= 15 is 0 Å². The van der Waals surface area contributed by atoms with Gasteiger partial charge in [0.15, 0.2) is 0 Å². The van der Waals surface area contributed by atoms with Gasteiger partial charge >= 0.3 is 35.8 Å². The van der Waals surface area contributed by atoms with Gasteiger partial charge in [-0.15, -0.1) is 0 Å². The fourth-order valence-electron chi connectivity index (χ4n) is 4.30. The lowest BCUT2D eigenvalue weighted by Crippen LogP contribution is -2.11. The predicted molar refractivity (Wildman–Crippen MR) is 134 cm³/mol. The van der Waals surface area contributed by atoms with Crippen LogP contribution in [0.5, 0.6) is 11.5 Å². The van der Waals surface area contributed by atoms with Crippen LogP contribution in [-0.4, -0.2) is 35.8 Å². The van der Waals surface area contributed by atoms with Crippen molar-refractivity contribution in [2.24, 2.45) is 0 Å². The van der Waals surface area contributed by atoms with Crippen molar-refractivity contribution in [2.75, 3.05) is 0 Å². The number of esters is 6. The third-order valence-corrected chi connectivity index (χ3v) is 6.23. The van der Waals surface area contributed by atoms with E-state index in [4.69, 9.17) is 9.47 Å². The first kappa shape index (κ1) is 24.4. The number of hydrogen-bond acceptors (Lipinski definition) is 10. The molecule has 0 bridgehead atoms. The zero-order chi connectivity index (χ0) is 28.0. The van der Waals surface area contributed by atoms with Gasteiger partial charge in [0.2, 0.25) is 0 Å². The van der Waals surface area contributed by atoms with Gasteiger partial charge in [0.25, 0.3) is 0 Å². The summed E-state index contributed by atoms with van der Waals surface area (Å²) in [7, 11) is 0. The summed E-state index contributed by atoms with van der Waals surface area (Å²) in [5.74, 6) is -4.60. The van der Waals surface area contributed by atoms with Crippen molar-refractivity contribution in [1.82, 2.24) is 0 Å². The summed E-state index contributed by atoms with van der Waals surface area (Å²) < 4.78 is 20.4. The highest BCUT2D eigenvalue weighted by atomic mass is 16.6. The molecule has 0 radical (unpaired) electrons. The van der Waals surface area contributed by atoms with Crippen LogP contribution in [-0.2, 0) is 9.47 Å². The van der Waals surface area contributed by atoms with Gasteiger partial charge in [-0.3, -0.25) is 0 Å². The third kappa shape index (κ3) is 4.19. The number of rotatable bonds is 5. The molecule has 2 aliphatic heterocycles. The lowest BCUT2D eigenvalue weighted by molar-refractivity contribution is 0.0425. The predicted octanol–water partition coefficient (Wildman–Crippen LogP) is 4.41. The molecule has 0 saturated heterocycles. The van der Waals surface area contributed by atoms with Crippen LogP contribution >= 0.6 is 0 Å². The number of cyclic esters (lactones) is 4. The molecule has 0 amide bonds. The Hall–Kier alpha value is -5.90. The molecule has 2 aliphatic rings. The molecule has 0 saturated carbocycles. The molecule has 6 rings (SSSR count). The van der Waals surface area contributed by atoms with E-state index in [1.807, 2.05) is 0 Å². The second kappa shape index (κ2) is 9.44. The van der Waals surface area contributed by atoms with Gasteiger partial charge in [-0.2, -0.15) is 0 Å². The average Bonchev–Trinajstić information content (AvgIpc) is 3.41. The molecule has 0 fully saturated rings. The van der Waals surface area contributed by atoms with Crippen molar-refractivity contribution in [2.45, 2.75) is 0 Å². The van der Waals surface area contributed by atoms with Gasteiger partial charge in [-0.25, -0.2) is 28.8 Å². The summed E-state index contributed by atoms with van der Waals surface area (Å²) in [4.78, 5) is 73.1. The first-order valence-corrected chi connectivity index (χ1v) is 11.7. The van der Waals surface area contributed by atoms with Gasteiger partial charge in [0.05, 0.1) is 33.4 Å². The summed E-state index contributed by atoms with van der Waals surface area (Å²) in [5, 5.41) is 0. The molecule has 194 valence electrons. The van der Waals surface area contributed by atoms with Gasteiger partial charge in [-0.1, -0.05) is 36.4 Å². The summed E-state index contributed by atoms with van der Waals surface area (Å²) in [5.41, 5.74) is 0.927. The van der Waals surface area contributed by atoms with Crippen LogP contribution in [0.3, 0.4) is 0 Å². The number of carbonyl (C=O) groups is 6. The van der Waals surface area contributed by atoms with E-state index < -0.39 is 35.8 Å². The van der Waals surface area contributed by atoms with E-state index in [1.165, 1.54) is 36.4 Å². The quantitative estimate of drug-likeness (QED) is 0.205. The summed E-state index contributed by atoms with van der Waals surface area (Å²) in [6, 6.07) is 20.9. The molecular formula is C30H14O10. The number of carbonyl (C=O) groups excluding carboxylic acids is 6. The maximum atomic E-state index is 13.0. The smallest absolute Gasteiger partial charge is 0.346 e. The highest BCUT2D eigenvalue weighted by Crippen LogP contribution is 2.37. The fraction of sp³-hybridized carbons (Fsp3) is 0. The van der Waals surface area contributed by atoms with Gasteiger partial charge in [-0.05, 0) is 48.5 Å². The van der Waals surface area contributed by atoms with E-state index in [2.05, 4.69) is 9.47 Å². The number of para-hydroxylation sites is 2. The maximum Gasteiger partial charge on any atom is 0.346 e. The molecule has 0 aliphatic carbocycles. The van der Waals surface area contributed by atoms with Crippen molar-refractivity contribution in [3.05, 3.63) is 118 Å². The van der Waals surface area contributed by atoms with Crippen molar-refractivity contribution >= 4 is 35.8 Å². The molecule has 10 nitrogen and oxygen atoms in total. The largest absolute Gasteiger partial charge is 0.422 e. The Bertz CT molecular complexity index is 1680. The zero-order valence-electron chi connectivity index (χ0n) is 20.2. The number of fused-ring (bicyclic) bond motifs is 2. The Kier molecular flexibility index (Phi) is 5.77. The second-order valence-corrected chi connectivity index (χ2v) is 8.65. The van der Waals surface area contributed by atoms with Crippen LogP contribution in [0, 0.1) is 0 Å². The Morgan fingerprint density at radius 1 is 0.450 bits per heavy atom. The molecule has 4 aromatic carbocycles. The number of ether oxygens (including phenoxy) is 4. The molecule has 0 N–H and O–H groups in total. The van der Waals surface area contributed by atoms with Crippen molar-refractivity contribution < 1.29 is 47.7 Å². The minimum absolute atomic E-state index is 0.0218. The SMILES string of the molecule is O=C(Oc1ccccc1-c1ccccc1OC(=O)c1ccc2c(c1)C(=O)OC2=O)c1ccc2c(c1)C(=O)OC2=O. The van der Waals surface area contributed by atoms with Crippen LogP contribution in [0.25, 0.3) is 11.1 Å². The molecule has 40 heavy (non-hydrogen) atoms. The van der Waals surface area contributed by atoms with E-state index in [9.17, 15) is 28.8 Å². The lowest BCUT2D eigenvalue weighted by Gasteiger charge is -2.14. The number of hydrogen-bond donors (Lipinski definition) is 0. The molecule has 0 atom stereocenters. The Morgan fingerprint density at radius 2 is 0.825 bits per heavy atom. The first-order valence-electron chi connectivity index (χ1n) is 11.7. The lowest BCUT2D eigenvalue weighted by atomic mass is 10.0. The Balaban J connectivity index is 1.28. The van der Waals surface area contributed by atoms with E-state index in [0.29, 0.717) is 11.1 Å². The Morgan fingerprint density at radius 3 is 1.25 bits per heavy atom. The minimum Gasteiger partial charge on any atom is -0.422 e. The Labute approximate surface area is 224 Å². The molecule has 0 spiro atoms. The van der Waals surface area contributed by atoms with Crippen LogP contribution in [0.4, 0.5) is 0 Å². The van der Waals surface area contributed by atoms with Crippen LogP contribution in [0.2, 0.25) is 0 Å². The standard InChI is InChI=1S/C30H14O10/c31-25(15-9-11-19-21(13-15)29(35)39-27(19)33)37-23-7-3-1-5-17(23)18-6-2-4-8-24(18)38-26(32)16-10-12-20-22(14-16)30(36)40-28(20)34/h1-14H. The molecule has 10 heteroatoms. The van der Waals surface area contributed by atoms with Gasteiger partial charge in [0.1, 0.15) is 11.5 Å². The fourth-order valence-corrected chi connectivity index (χ4v) is 4.30. The zero-order valence-corrected chi connectivity index (χ0v) is 20.2. The third-order valence-electron chi connectivity index (χ3n) is 6.23. The van der Waals surface area contributed by atoms with E-state index in [-0.39, 0.29) is 44.9 Å². The van der Waals surface area contributed by atoms with Gasteiger partial charge < -0.3 is 18.9 Å². The highest BCUT2D eigenvalue weighted by Gasteiger charge is 2.32. The molecule has 2 heterocycles. The monoisotopic (exact) mass is 534 g/mol. The minimum atomic E-state index is -0.849. The van der Waals surface area contributed by atoms with Crippen molar-refractivity contribution in [1.29, 1.82) is 0 Å². The van der Waals surface area contributed by atoms with Crippen LogP contribution in [0.15, 0.2) is 84.9 Å². The van der Waals surface area contributed by atoms with Crippen LogP contribution < -0.4 is 9.47 Å². The molecule has 4 aromatic rings. The number of benzene rings is 4. The van der Waals surface area contributed by atoms with Crippen molar-refractivity contribution in [3.8, 4) is 22.6 Å². The van der Waals surface area contributed by atoms with Crippen molar-refractivity contribution in [3.63, 3.8) is 0 Å². The van der Waals surface area contributed by atoms with Crippen LogP contribution in [0.1, 0.15) is 62.1 Å². The molecular weight excluding hydrogens is 520 g/mol.